The maximum absolute atomic E-state index is 12.6. The number of nitrogens with one attached hydrogen (secondary N) is 1. The molecule has 0 radical (unpaired) electrons. The van der Waals surface area contributed by atoms with E-state index in [1.165, 1.54) is 23.1 Å². The van der Waals surface area contributed by atoms with Gasteiger partial charge in [-0.25, -0.2) is 4.79 Å². The molecule has 0 spiro atoms. The first-order valence-electron chi connectivity index (χ1n) is 9.74. The summed E-state index contributed by atoms with van der Waals surface area (Å²) in [6.07, 6.45) is 4.18. The fourth-order valence-corrected chi connectivity index (χ4v) is 4.58. The van der Waals surface area contributed by atoms with E-state index < -0.39 is 18.0 Å². The number of nitrogens with zero attached hydrogens (tertiary/aromatic N) is 2. The highest BCUT2D eigenvalue weighted by Gasteiger charge is 2.24. The van der Waals surface area contributed by atoms with E-state index in [9.17, 15) is 14.9 Å². The molecule has 3 rings (SSSR count). The lowest BCUT2D eigenvalue weighted by Gasteiger charge is -2.15. The second-order valence-corrected chi connectivity index (χ2v) is 8.46. The first-order chi connectivity index (χ1) is 13.9. The number of esters is 1. The molecule has 1 unspecified atom stereocenters. The maximum Gasteiger partial charge on any atom is 0.338 e. The van der Waals surface area contributed by atoms with Gasteiger partial charge < -0.3 is 15.0 Å². The molecule has 1 N–H and O–H groups in total. The van der Waals surface area contributed by atoms with Crippen molar-refractivity contribution in [2.75, 3.05) is 24.3 Å². The summed E-state index contributed by atoms with van der Waals surface area (Å²) in [5.74, 6) is -0.989. The van der Waals surface area contributed by atoms with E-state index in [4.69, 9.17) is 4.74 Å². The molecular formula is C22H25N3O3S. The van der Waals surface area contributed by atoms with Gasteiger partial charge in [-0.1, -0.05) is 6.42 Å². The van der Waals surface area contributed by atoms with E-state index in [1.807, 2.05) is 31.1 Å². The van der Waals surface area contributed by atoms with Gasteiger partial charge in [-0.2, -0.15) is 5.26 Å². The molecular weight excluding hydrogens is 386 g/mol. The standard InChI is InChI=1S/C22H25N3O3S/c1-14(28-22(27)15-9-11-16(12-10-15)25(2)3)20(26)24-21-18(13-23)17-7-5-4-6-8-19(17)29-21/h9-12,14H,4-8H2,1-3H3,(H,24,26). The first-order valence-corrected chi connectivity index (χ1v) is 10.6. The van der Waals surface area contributed by atoms with E-state index in [0.29, 0.717) is 16.1 Å². The van der Waals surface area contributed by atoms with Crippen molar-refractivity contribution in [2.24, 2.45) is 0 Å². The second kappa shape index (κ2) is 9.10. The van der Waals surface area contributed by atoms with Crippen molar-refractivity contribution >= 4 is 33.9 Å². The average molecular weight is 412 g/mol. The molecule has 0 fully saturated rings. The number of fused-ring (bicyclic) bond motifs is 1. The molecule has 1 heterocycles. The lowest BCUT2D eigenvalue weighted by molar-refractivity contribution is -0.123. The molecule has 0 aliphatic heterocycles. The molecule has 1 aliphatic carbocycles. The number of thiophene rings is 1. The van der Waals surface area contributed by atoms with Crippen LogP contribution in [0, 0.1) is 11.3 Å². The van der Waals surface area contributed by atoms with Crippen LogP contribution in [0.25, 0.3) is 0 Å². The van der Waals surface area contributed by atoms with E-state index in [-0.39, 0.29) is 0 Å². The van der Waals surface area contributed by atoms with Crippen molar-refractivity contribution in [1.29, 1.82) is 5.26 Å². The van der Waals surface area contributed by atoms with Crippen LogP contribution >= 0.6 is 11.3 Å². The Morgan fingerprint density at radius 2 is 1.86 bits per heavy atom. The topological polar surface area (TPSA) is 82.4 Å². The van der Waals surface area contributed by atoms with E-state index >= 15 is 0 Å². The molecule has 152 valence electrons. The summed E-state index contributed by atoms with van der Waals surface area (Å²) < 4.78 is 5.32. The summed E-state index contributed by atoms with van der Waals surface area (Å²) in [5.41, 5.74) is 2.97. The van der Waals surface area contributed by atoms with Gasteiger partial charge in [0.05, 0.1) is 11.1 Å². The van der Waals surface area contributed by atoms with Crippen LogP contribution in [0.3, 0.4) is 0 Å². The molecule has 1 amide bonds. The molecule has 0 bridgehead atoms. The van der Waals surface area contributed by atoms with Gasteiger partial charge in [0.25, 0.3) is 5.91 Å². The Morgan fingerprint density at radius 3 is 2.52 bits per heavy atom. The smallest absolute Gasteiger partial charge is 0.338 e. The number of hydrogen-bond acceptors (Lipinski definition) is 6. The highest BCUT2D eigenvalue weighted by molar-refractivity contribution is 7.16. The molecule has 29 heavy (non-hydrogen) atoms. The zero-order valence-corrected chi connectivity index (χ0v) is 17.8. The maximum atomic E-state index is 12.6. The minimum Gasteiger partial charge on any atom is -0.449 e. The number of carbonyl (C=O) groups excluding carboxylic acids is 2. The minimum absolute atomic E-state index is 0.385. The highest BCUT2D eigenvalue weighted by Crippen LogP contribution is 2.37. The number of rotatable bonds is 5. The van der Waals surface area contributed by atoms with Gasteiger partial charge in [-0.3, -0.25) is 4.79 Å². The van der Waals surface area contributed by atoms with E-state index in [1.54, 1.807) is 12.1 Å². The molecule has 0 saturated heterocycles. The van der Waals surface area contributed by atoms with Crippen LogP contribution in [0.4, 0.5) is 10.7 Å². The fourth-order valence-electron chi connectivity index (χ4n) is 3.34. The number of anilines is 2. The van der Waals surface area contributed by atoms with Gasteiger partial charge in [-0.15, -0.1) is 11.3 Å². The van der Waals surface area contributed by atoms with Crippen molar-refractivity contribution < 1.29 is 14.3 Å². The highest BCUT2D eigenvalue weighted by atomic mass is 32.1. The summed E-state index contributed by atoms with van der Waals surface area (Å²) in [5, 5.41) is 12.9. The Kier molecular flexibility index (Phi) is 6.55. The summed E-state index contributed by atoms with van der Waals surface area (Å²) in [6.45, 7) is 1.53. The third-order valence-electron chi connectivity index (χ3n) is 5.04. The number of nitriles is 1. The van der Waals surface area contributed by atoms with Crippen LogP contribution in [-0.4, -0.2) is 32.1 Å². The van der Waals surface area contributed by atoms with Crippen molar-refractivity contribution in [1.82, 2.24) is 0 Å². The van der Waals surface area contributed by atoms with Gasteiger partial charge in [-0.05, 0) is 62.4 Å². The van der Waals surface area contributed by atoms with Gasteiger partial charge in [0.15, 0.2) is 6.10 Å². The lowest BCUT2D eigenvalue weighted by atomic mass is 10.1. The Hall–Kier alpha value is -2.85. The number of aryl methyl sites for hydroxylation is 1. The monoisotopic (exact) mass is 411 g/mol. The molecule has 7 heteroatoms. The van der Waals surface area contributed by atoms with Crippen LogP contribution < -0.4 is 10.2 Å². The number of amides is 1. The number of hydrogen-bond donors (Lipinski definition) is 1. The number of carbonyl (C=O) groups is 2. The van der Waals surface area contributed by atoms with Crippen molar-refractivity contribution in [3.05, 3.63) is 45.8 Å². The van der Waals surface area contributed by atoms with Crippen LogP contribution in [0.2, 0.25) is 0 Å². The normalized spacial score (nSPS) is 14.1. The number of ether oxygens (including phenoxy) is 1. The lowest BCUT2D eigenvalue weighted by Crippen LogP contribution is -2.30. The molecule has 1 aromatic heterocycles. The second-order valence-electron chi connectivity index (χ2n) is 7.36. The molecule has 1 aliphatic rings. The van der Waals surface area contributed by atoms with Crippen molar-refractivity contribution in [3.8, 4) is 6.07 Å². The zero-order valence-electron chi connectivity index (χ0n) is 16.9. The van der Waals surface area contributed by atoms with Gasteiger partial charge in [0, 0.05) is 24.7 Å². The summed E-state index contributed by atoms with van der Waals surface area (Å²) in [4.78, 5) is 28.0. The third kappa shape index (κ3) is 4.77. The number of benzene rings is 1. The van der Waals surface area contributed by atoms with Crippen LogP contribution in [0.5, 0.6) is 0 Å². The Balaban J connectivity index is 1.66. The summed E-state index contributed by atoms with van der Waals surface area (Å²) in [7, 11) is 3.83. The summed E-state index contributed by atoms with van der Waals surface area (Å²) >= 11 is 1.47. The Bertz CT molecular complexity index is 941. The molecule has 6 nitrogen and oxygen atoms in total. The molecule has 2 aromatic rings. The van der Waals surface area contributed by atoms with E-state index in [2.05, 4.69) is 11.4 Å². The van der Waals surface area contributed by atoms with Gasteiger partial charge in [0.2, 0.25) is 0 Å². The molecule has 1 aromatic carbocycles. The van der Waals surface area contributed by atoms with Crippen LogP contribution in [-0.2, 0) is 22.4 Å². The molecule has 1 atom stereocenters. The average Bonchev–Trinajstić information content (AvgIpc) is 2.86. The fraction of sp³-hybridized carbons (Fsp3) is 0.409. The van der Waals surface area contributed by atoms with Crippen molar-refractivity contribution in [3.63, 3.8) is 0 Å². The Labute approximate surface area is 175 Å². The predicted molar refractivity (Wildman–Crippen MR) is 115 cm³/mol. The zero-order chi connectivity index (χ0) is 21.0. The largest absolute Gasteiger partial charge is 0.449 e. The van der Waals surface area contributed by atoms with Gasteiger partial charge >= 0.3 is 5.97 Å². The SMILES string of the molecule is CC(OC(=O)c1ccc(N(C)C)cc1)C(=O)Nc1sc2c(c1C#N)CCCCC2. The van der Waals surface area contributed by atoms with Crippen LogP contribution in [0.15, 0.2) is 24.3 Å². The Morgan fingerprint density at radius 1 is 1.17 bits per heavy atom. The quantitative estimate of drug-likeness (QED) is 0.591. The third-order valence-corrected chi connectivity index (χ3v) is 6.25. The molecule has 0 saturated carbocycles. The first kappa shape index (κ1) is 20.9. The van der Waals surface area contributed by atoms with E-state index in [0.717, 1.165) is 43.4 Å². The van der Waals surface area contributed by atoms with Crippen molar-refractivity contribution in [2.45, 2.75) is 45.1 Å². The summed E-state index contributed by atoms with van der Waals surface area (Å²) in [6, 6.07) is 9.22. The van der Waals surface area contributed by atoms with Gasteiger partial charge in [0.1, 0.15) is 11.1 Å². The van der Waals surface area contributed by atoms with Crippen LogP contribution in [0.1, 0.15) is 52.5 Å². The minimum atomic E-state index is -0.968. The predicted octanol–water partition coefficient (Wildman–Crippen LogP) is 4.14.